The number of carbonyl (C=O) groups is 2. The SMILES string of the molecule is COC(=O)c1ccc2c(CN(C)CCc3ccccn3)cn(Cc3ccc(OC)cc3)c2c1.COc1ccc(Cn2cc(CN(C)CCc3ccccn3)c3ccc(C(=O)O)cc32)cc1. The molecule has 8 rings (SSSR count). The lowest BCUT2D eigenvalue weighted by molar-refractivity contribution is 0.0600. The average Bonchev–Trinajstić information content (AvgIpc) is 3.86. The van der Waals surface area contributed by atoms with E-state index in [1.165, 1.54) is 18.2 Å². The molecule has 0 saturated heterocycles. The summed E-state index contributed by atoms with van der Waals surface area (Å²) in [6.45, 7) is 4.71. The van der Waals surface area contributed by atoms with E-state index < -0.39 is 5.97 Å². The van der Waals surface area contributed by atoms with Gasteiger partial charge in [-0.05, 0) is 109 Å². The van der Waals surface area contributed by atoms with E-state index in [1.807, 2.05) is 103 Å². The highest BCUT2D eigenvalue weighted by molar-refractivity contribution is 5.96. The van der Waals surface area contributed by atoms with Gasteiger partial charge in [0.25, 0.3) is 0 Å². The van der Waals surface area contributed by atoms with Crippen molar-refractivity contribution in [2.75, 3.05) is 48.5 Å². The molecule has 334 valence electrons. The highest BCUT2D eigenvalue weighted by atomic mass is 16.5. The molecule has 0 aliphatic carbocycles. The van der Waals surface area contributed by atoms with Gasteiger partial charge in [0.1, 0.15) is 11.5 Å². The number of carboxylic acids is 1. The molecule has 65 heavy (non-hydrogen) atoms. The number of carbonyl (C=O) groups excluding carboxylic acids is 1. The molecule has 0 aliphatic heterocycles. The minimum Gasteiger partial charge on any atom is -0.497 e. The van der Waals surface area contributed by atoms with E-state index >= 15 is 0 Å². The van der Waals surface area contributed by atoms with E-state index in [0.717, 1.165) is 94.8 Å². The molecule has 12 nitrogen and oxygen atoms in total. The van der Waals surface area contributed by atoms with Crippen LogP contribution in [0.4, 0.5) is 0 Å². The highest BCUT2D eigenvalue weighted by Gasteiger charge is 2.16. The first kappa shape index (κ1) is 45.7. The van der Waals surface area contributed by atoms with Gasteiger partial charge in [0.2, 0.25) is 0 Å². The standard InChI is InChI=1S/C27H29N3O3.C26H27N3O3/c1-29(15-13-23-6-4-5-14-28-23)18-22-19-30(17-20-7-10-24(32-2)11-8-20)26-16-21(27(31)33-3)9-12-25(22)26;1-28(14-12-22-5-3-4-13-27-22)17-21-18-29(16-19-6-9-23(32-2)10-7-19)25-15-20(26(30)31)8-11-24(21)25/h4-12,14,16,19H,13,15,17-18H2,1-3H3;3-11,13,15,18H,12,14,16-17H2,1-2H3,(H,30,31). The van der Waals surface area contributed by atoms with Gasteiger partial charge in [0.05, 0.1) is 32.5 Å². The van der Waals surface area contributed by atoms with E-state index in [-0.39, 0.29) is 5.97 Å². The van der Waals surface area contributed by atoms with Crippen molar-refractivity contribution >= 4 is 33.7 Å². The molecule has 0 aliphatic rings. The zero-order valence-corrected chi connectivity index (χ0v) is 37.7. The average molecular weight is 873 g/mol. The number of esters is 1. The third-order valence-corrected chi connectivity index (χ3v) is 11.5. The fourth-order valence-corrected chi connectivity index (χ4v) is 7.93. The summed E-state index contributed by atoms with van der Waals surface area (Å²) < 4.78 is 19.8. The first-order valence-corrected chi connectivity index (χ1v) is 21.6. The van der Waals surface area contributed by atoms with Crippen LogP contribution < -0.4 is 9.47 Å². The smallest absolute Gasteiger partial charge is 0.337 e. The van der Waals surface area contributed by atoms with Crippen LogP contribution >= 0.6 is 0 Å². The number of hydrogen-bond acceptors (Lipinski definition) is 9. The maximum Gasteiger partial charge on any atom is 0.337 e. The van der Waals surface area contributed by atoms with Gasteiger partial charge in [-0.25, -0.2) is 9.59 Å². The number of pyridine rings is 2. The summed E-state index contributed by atoms with van der Waals surface area (Å²) in [6, 6.07) is 39.1. The zero-order valence-electron chi connectivity index (χ0n) is 37.7. The summed E-state index contributed by atoms with van der Waals surface area (Å²) in [7, 11) is 8.95. The number of hydrogen-bond donors (Lipinski definition) is 1. The predicted octanol–water partition coefficient (Wildman–Crippen LogP) is 9.02. The minimum absolute atomic E-state index is 0.293. The van der Waals surface area contributed by atoms with Gasteiger partial charge in [-0.15, -0.1) is 0 Å². The number of ether oxygens (including phenoxy) is 3. The molecule has 0 unspecified atom stereocenters. The van der Waals surface area contributed by atoms with Gasteiger partial charge in [-0.2, -0.15) is 0 Å². The van der Waals surface area contributed by atoms with Crippen molar-refractivity contribution < 1.29 is 28.9 Å². The predicted molar refractivity (Wildman–Crippen MR) is 255 cm³/mol. The van der Waals surface area contributed by atoms with Crippen LogP contribution in [0.25, 0.3) is 21.8 Å². The van der Waals surface area contributed by atoms with Crippen LogP contribution in [0.1, 0.15) is 54.4 Å². The van der Waals surface area contributed by atoms with E-state index in [4.69, 9.17) is 14.2 Å². The third kappa shape index (κ3) is 12.0. The maximum absolute atomic E-state index is 12.1. The molecule has 0 atom stereocenters. The Balaban J connectivity index is 0.000000194. The summed E-state index contributed by atoms with van der Waals surface area (Å²) in [4.78, 5) is 37.1. The molecular weight excluding hydrogens is 817 g/mol. The van der Waals surface area contributed by atoms with Crippen molar-refractivity contribution in [2.24, 2.45) is 0 Å². The normalized spacial score (nSPS) is 11.2. The Morgan fingerprint density at radius 3 is 1.43 bits per heavy atom. The van der Waals surface area contributed by atoms with E-state index in [0.29, 0.717) is 24.2 Å². The van der Waals surface area contributed by atoms with Crippen molar-refractivity contribution in [3.05, 3.63) is 191 Å². The first-order chi connectivity index (χ1) is 31.6. The molecule has 1 N–H and O–H groups in total. The Morgan fingerprint density at radius 1 is 0.585 bits per heavy atom. The quantitative estimate of drug-likeness (QED) is 0.0836. The number of carboxylic acid groups (broad SMARTS) is 1. The van der Waals surface area contributed by atoms with Gasteiger partial charge in [0, 0.05) is 110 Å². The molecule has 0 amide bonds. The summed E-state index contributed by atoms with van der Waals surface area (Å²) in [5.74, 6) is 0.398. The second-order valence-corrected chi connectivity index (χ2v) is 16.1. The number of nitrogens with zero attached hydrogens (tertiary/aromatic N) is 6. The lowest BCUT2D eigenvalue weighted by Gasteiger charge is -2.16. The monoisotopic (exact) mass is 872 g/mol. The fraction of sp³-hybridized carbons (Fsp3) is 0.245. The van der Waals surface area contributed by atoms with Crippen LogP contribution in [0.15, 0.2) is 146 Å². The van der Waals surface area contributed by atoms with Crippen molar-refractivity contribution in [3.63, 3.8) is 0 Å². The Labute approximate surface area is 380 Å². The maximum atomic E-state index is 12.1. The summed E-state index contributed by atoms with van der Waals surface area (Å²) in [5, 5.41) is 11.7. The zero-order chi connectivity index (χ0) is 45.7. The molecule has 8 aromatic rings. The summed E-state index contributed by atoms with van der Waals surface area (Å²) in [6.07, 6.45) is 9.76. The number of fused-ring (bicyclic) bond motifs is 2. The molecule has 4 heterocycles. The van der Waals surface area contributed by atoms with E-state index in [9.17, 15) is 14.7 Å². The summed E-state index contributed by atoms with van der Waals surface area (Å²) >= 11 is 0. The Hall–Kier alpha value is -7.28. The van der Waals surface area contributed by atoms with Gasteiger partial charge in [0.15, 0.2) is 0 Å². The molecule has 0 fully saturated rings. The van der Waals surface area contributed by atoms with E-state index in [1.54, 1.807) is 26.4 Å². The number of methoxy groups -OCH3 is 3. The molecule has 0 radical (unpaired) electrons. The molecule has 0 bridgehead atoms. The second-order valence-electron chi connectivity index (χ2n) is 16.1. The Bertz CT molecular complexity index is 2810. The van der Waals surface area contributed by atoms with Crippen LogP contribution in [-0.4, -0.2) is 94.5 Å². The van der Waals surface area contributed by atoms with Crippen molar-refractivity contribution in [1.82, 2.24) is 28.9 Å². The highest BCUT2D eigenvalue weighted by Crippen LogP contribution is 2.28. The number of aromatic nitrogens is 4. The number of likely N-dealkylation sites (N-methyl/N-ethyl adjacent to an activating group) is 2. The van der Waals surface area contributed by atoms with Gasteiger partial charge >= 0.3 is 11.9 Å². The van der Waals surface area contributed by atoms with Crippen LogP contribution in [0.3, 0.4) is 0 Å². The van der Waals surface area contributed by atoms with Crippen LogP contribution in [0.5, 0.6) is 11.5 Å². The van der Waals surface area contributed by atoms with Gasteiger partial charge in [-0.3, -0.25) is 9.97 Å². The molecule has 0 saturated carbocycles. The Kier molecular flexibility index (Phi) is 15.4. The topological polar surface area (TPSA) is 124 Å². The van der Waals surface area contributed by atoms with Crippen molar-refractivity contribution in [1.29, 1.82) is 0 Å². The van der Waals surface area contributed by atoms with E-state index in [2.05, 4.69) is 73.6 Å². The molecule has 12 heteroatoms. The van der Waals surface area contributed by atoms with Crippen molar-refractivity contribution in [2.45, 2.75) is 39.0 Å². The van der Waals surface area contributed by atoms with Gasteiger partial charge in [-0.1, -0.05) is 48.5 Å². The number of rotatable bonds is 18. The fourth-order valence-electron chi connectivity index (χ4n) is 7.93. The third-order valence-electron chi connectivity index (χ3n) is 11.5. The van der Waals surface area contributed by atoms with Crippen LogP contribution in [0, 0.1) is 0 Å². The van der Waals surface area contributed by atoms with Crippen LogP contribution in [-0.2, 0) is 43.8 Å². The van der Waals surface area contributed by atoms with Crippen molar-refractivity contribution in [3.8, 4) is 11.5 Å². The number of benzene rings is 4. The van der Waals surface area contributed by atoms with Crippen LogP contribution in [0.2, 0.25) is 0 Å². The largest absolute Gasteiger partial charge is 0.497 e. The lowest BCUT2D eigenvalue weighted by atomic mass is 10.1. The molecule has 4 aromatic carbocycles. The lowest BCUT2D eigenvalue weighted by Crippen LogP contribution is -2.21. The second kappa shape index (κ2) is 21.9. The van der Waals surface area contributed by atoms with Gasteiger partial charge < -0.3 is 38.3 Å². The molecule has 4 aromatic heterocycles. The summed E-state index contributed by atoms with van der Waals surface area (Å²) in [5.41, 5.74) is 9.63. The Morgan fingerprint density at radius 2 is 1.03 bits per heavy atom. The molecular formula is C53H56N6O6. The first-order valence-electron chi connectivity index (χ1n) is 21.6. The number of aromatic carboxylic acids is 1. The minimum atomic E-state index is -0.918. The molecule has 0 spiro atoms.